The Kier molecular flexibility index (Phi) is 5.83. The second-order valence-corrected chi connectivity index (χ2v) is 5.92. The molecule has 0 spiro atoms. The molecule has 102 valence electrons. The standard InChI is InChI=1S/C16H27NO/c1-13-7-6-8-14(11-13)15(12-17-5)9-10-18-16(2,3)4/h6-8,11,15,17H,9-10,12H2,1-5H3. The van der Waals surface area contributed by atoms with E-state index in [1.807, 2.05) is 7.05 Å². The van der Waals surface area contributed by atoms with Crippen LogP contribution < -0.4 is 5.32 Å². The minimum absolute atomic E-state index is 0.0448. The van der Waals surface area contributed by atoms with E-state index >= 15 is 0 Å². The molecule has 0 saturated carbocycles. The van der Waals surface area contributed by atoms with Crippen LogP contribution in [0.5, 0.6) is 0 Å². The van der Waals surface area contributed by atoms with E-state index in [-0.39, 0.29) is 5.60 Å². The summed E-state index contributed by atoms with van der Waals surface area (Å²) >= 11 is 0. The maximum absolute atomic E-state index is 5.83. The summed E-state index contributed by atoms with van der Waals surface area (Å²) in [5, 5.41) is 3.28. The summed E-state index contributed by atoms with van der Waals surface area (Å²) in [7, 11) is 2.01. The van der Waals surface area contributed by atoms with Crippen LogP contribution >= 0.6 is 0 Å². The maximum atomic E-state index is 5.83. The molecular weight excluding hydrogens is 222 g/mol. The van der Waals surface area contributed by atoms with Crippen LogP contribution in [0.1, 0.15) is 44.2 Å². The molecule has 1 unspecified atom stereocenters. The van der Waals surface area contributed by atoms with E-state index in [0.717, 1.165) is 19.6 Å². The van der Waals surface area contributed by atoms with Gasteiger partial charge in [0, 0.05) is 13.2 Å². The Bertz CT molecular complexity index is 354. The van der Waals surface area contributed by atoms with Crippen molar-refractivity contribution < 1.29 is 4.74 Å². The molecule has 1 aromatic rings. The third kappa shape index (κ3) is 5.65. The number of hydrogen-bond donors (Lipinski definition) is 1. The van der Waals surface area contributed by atoms with Crippen molar-refractivity contribution in [3.8, 4) is 0 Å². The van der Waals surface area contributed by atoms with E-state index in [9.17, 15) is 0 Å². The Hall–Kier alpha value is -0.860. The third-order valence-electron chi connectivity index (χ3n) is 2.97. The molecule has 1 rings (SSSR count). The molecule has 2 nitrogen and oxygen atoms in total. The SMILES string of the molecule is CNCC(CCOC(C)(C)C)c1cccc(C)c1. The fourth-order valence-electron chi connectivity index (χ4n) is 2.06. The second-order valence-electron chi connectivity index (χ2n) is 5.92. The topological polar surface area (TPSA) is 21.3 Å². The zero-order valence-electron chi connectivity index (χ0n) is 12.4. The van der Waals surface area contributed by atoms with Gasteiger partial charge in [-0.1, -0.05) is 29.8 Å². The molecule has 0 aliphatic heterocycles. The summed E-state index contributed by atoms with van der Waals surface area (Å²) in [5.74, 6) is 0.525. The predicted octanol–water partition coefficient (Wildman–Crippen LogP) is 3.50. The van der Waals surface area contributed by atoms with Gasteiger partial charge >= 0.3 is 0 Å². The Morgan fingerprint density at radius 1 is 1.28 bits per heavy atom. The van der Waals surface area contributed by atoms with Gasteiger partial charge < -0.3 is 10.1 Å². The number of aryl methyl sites for hydroxylation is 1. The smallest absolute Gasteiger partial charge is 0.0598 e. The average Bonchev–Trinajstić information content (AvgIpc) is 2.26. The summed E-state index contributed by atoms with van der Waals surface area (Å²) in [4.78, 5) is 0. The van der Waals surface area contributed by atoms with E-state index in [2.05, 4.69) is 57.3 Å². The monoisotopic (exact) mass is 249 g/mol. The maximum Gasteiger partial charge on any atom is 0.0598 e. The number of ether oxygens (including phenoxy) is 1. The highest BCUT2D eigenvalue weighted by Crippen LogP contribution is 2.21. The van der Waals surface area contributed by atoms with Gasteiger partial charge in [0.25, 0.3) is 0 Å². The van der Waals surface area contributed by atoms with Gasteiger partial charge in [0.2, 0.25) is 0 Å². The molecule has 18 heavy (non-hydrogen) atoms. The van der Waals surface area contributed by atoms with Gasteiger partial charge in [-0.3, -0.25) is 0 Å². The van der Waals surface area contributed by atoms with Gasteiger partial charge in [0.05, 0.1) is 5.60 Å². The molecule has 1 aromatic carbocycles. The number of rotatable bonds is 6. The van der Waals surface area contributed by atoms with Crippen LogP contribution in [0, 0.1) is 6.92 Å². The lowest BCUT2D eigenvalue weighted by molar-refractivity contribution is -0.00618. The van der Waals surface area contributed by atoms with Crippen molar-refractivity contribution in [3.05, 3.63) is 35.4 Å². The van der Waals surface area contributed by atoms with Gasteiger partial charge in [-0.2, -0.15) is 0 Å². The van der Waals surface area contributed by atoms with E-state index in [1.165, 1.54) is 11.1 Å². The van der Waals surface area contributed by atoms with Crippen molar-refractivity contribution >= 4 is 0 Å². The Morgan fingerprint density at radius 2 is 2.00 bits per heavy atom. The second kappa shape index (κ2) is 6.91. The Labute approximate surface area is 112 Å². The first-order valence-electron chi connectivity index (χ1n) is 6.77. The number of nitrogens with one attached hydrogen (secondary N) is 1. The van der Waals surface area contributed by atoms with Gasteiger partial charge in [0.1, 0.15) is 0 Å². The van der Waals surface area contributed by atoms with E-state index in [4.69, 9.17) is 4.74 Å². The largest absolute Gasteiger partial charge is 0.376 e. The summed E-state index contributed by atoms with van der Waals surface area (Å²) in [5.41, 5.74) is 2.68. The zero-order chi connectivity index (χ0) is 13.6. The third-order valence-corrected chi connectivity index (χ3v) is 2.97. The highest BCUT2D eigenvalue weighted by molar-refractivity contribution is 5.25. The highest BCUT2D eigenvalue weighted by Gasteiger charge is 2.14. The number of hydrogen-bond acceptors (Lipinski definition) is 2. The summed E-state index contributed by atoms with van der Waals surface area (Å²) in [6.45, 7) is 10.3. The highest BCUT2D eigenvalue weighted by atomic mass is 16.5. The predicted molar refractivity (Wildman–Crippen MR) is 78.2 cm³/mol. The van der Waals surface area contributed by atoms with Crippen LogP contribution in [0.15, 0.2) is 24.3 Å². The summed E-state index contributed by atoms with van der Waals surface area (Å²) in [6, 6.07) is 8.77. The van der Waals surface area contributed by atoms with Crippen molar-refractivity contribution in [2.45, 2.75) is 45.6 Å². The normalized spacial score (nSPS) is 13.6. The van der Waals surface area contributed by atoms with Gasteiger partial charge in [-0.25, -0.2) is 0 Å². The fourth-order valence-corrected chi connectivity index (χ4v) is 2.06. The Balaban J connectivity index is 2.60. The number of benzene rings is 1. The molecule has 0 aromatic heterocycles. The molecule has 0 saturated heterocycles. The minimum atomic E-state index is -0.0448. The van der Waals surface area contributed by atoms with Crippen molar-refractivity contribution in [2.75, 3.05) is 20.2 Å². The van der Waals surface area contributed by atoms with E-state index in [1.54, 1.807) is 0 Å². The molecule has 0 amide bonds. The molecule has 1 atom stereocenters. The molecule has 1 N–H and O–H groups in total. The van der Waals surface area contributed by atoms with Crippen LogP contribution in [0.25, 0.3) is 0 Å². The van der Waals surface area contributed by atoms with Crippen LogP contribution in [-0.4, -0.2) is 25.8 Å². The first kappa shape index (κ1) is 15.2. The summed E-state index contributed by atoms with van der Waals surface area (Å²) in [6.07, 6.45) is 1.06. The van der Waals surface area contributed by atoms with Crippen molar-refractivity contribution in [2.24, 2.45) is 0 Å². The molecule has 0 radical (unpaired) electrons. The van der Waals surface area contributed by atoms with Crippen molar-refractivity contribution in [3.63, 3.8) is 0 Å². The Morgan fingerprint density at radius 3 is 2.56 bits per heavy atom. The number of likely N-dealkylation sites (N-methyl/N-ethyl adjacent to an activating group) is 1. The van der Waals surface area contributed by atoms with Crippen LogP contribution in [0.4, 0.5) is 0 Å². The van der Waals surface area contributed by atoms with Crippen LogP contribution in [0.3, 0.4) is 0 Å². The molecule has 2 heteroatoms. The molecule has 0 aliphatic rings. The molecule has 0 aliphatic carbocycles. The van der Waals surface area contributed by atoms with Crippen LogP contribution in [0.2, 0.25) is 0 Å². The first-order valence-corrected chi connectivity index (χ1v) is 6.77. The minimum Gasteiger partial charge on any atom is -0.376 e. The van der Waals surface area contributed by atoms with Gasteiger partial charge in [-0.05, 0) is 52.6 Å². The molecule has 0 bridgehead atoms. The van der Waals surface area contributed by atoms with E-state index < -0.39 is 0 Å². The van der Waals surface area contributed by atoms with Crippen LogP contribution in [-0.2, 0) is 4.74 Å². The molecular formula is C16H27NO. The first-order chi connectivity index (χ1) is 8.42. The lowest BCUT2D eigenvalue weighted by Gasteiger charge is -2.23. The molecule has 0 heterocycles. The van der Waals surface area contributed by atoms with Gasteiger partial charge in [0.15, 0.2) is 0 Å². The van der Waals surface area contributed by atoms with Gasteiger partial charge in [-0.15, -0.1) is 0 Å². The summed E-state index contributed by atoms with van der Waals surface area (Å²) < 4.78 is 5.83. The average molecular weight is 249 g/mol. The zero-order valence-corrected chi connectivity index (χ0v) is 12.4. The van der Waals surface area contributed by atoms with Crippen molar-refractivity contribution in [1.29, 1.82) is 0 Å². The fraction of sp³-hybridized carbons (Fsp3) is 0.625. The van der Waals surface area contributed by atoms with Crippen molar-refractivity contribution in [1.82, 2.24) is 5.32 Å². The molecule has 0 fully saturated rings. The quantitative estimate of drug-likeness (QED) is 0.833. The van der Waals surface area contributed by atoms with E-state index in [0.29, 0.717) is 5.92 Å². The lowest BCUT2D eigenvalue weighted by atomic mass is 9.94. The lowest BCUT2D eigenvalue weighted by Crippen LogP contribution is -2.23.